The minimum absolute atomic E-state index is 0.548. The van der Waals surface area contributed by atoms with E-state index < -0.39 is 0 Å². The van der Waals surface area contributed by atoms with E-state index in [1.807, 2.05) is 0 Å². The van der Waals surface area contributed by atoms with Gasteiger partial charge < -0.3 is 4.90 Å². The topological polar surface area (TPSA) is 30.3 Å². The quantitative estimate of drug-likeness (QED) is 0.571. The van der Waals surface area contributed by atoms with Crippen molar-refractivity contribution in [1.29, 1.82) is 0 Å². The number of nitrogens with zero attached hydrogens (tertiary/aromatic N) is 2. The molecular formula is C8H18N3. The lowest BCUT2D eigenvalue weighted by Crippen LogP contribution is -2.46. The van der Waals surface area contributed by atoms with E-state index in [0.717, 1.165) is 19.6 Å². The van der Waals surface area contributed by atoms with Gasteiger partial charge in [-0.3, -0.25) is 10.6 Å². The molecule has 0 bridgehead atoms. The Labute approximate surface area is 69.1 Å². The maximum absolute atomic E-state index is 7.08. The van der Waals surface area contributed by atoms with Crippen LogP contribution >= 0.6 is 0 Å². The number of rotatable bonds is 3. The average Bonchev–Trinajstić information content (AvgIpc) is 2.07. The fraction of sp³-hybridized carbons (Fsp3) is 1.00. The highest BCUT2D eigenvalue weighted by atomic mass is 15.3. The zero-order valence-corrected chi connectivity index (χ0v) is 7.34. The highest BCUT2D eigenvalue weighted by molar-refractivity contribution is 4.70. The third kappa shape index (κ3) is 2.77. The Morgan fingerprint density at radius 2 is 1.64 bits per heavy atom. The molecule has 1 N–H and O–H groups in total. The van der Waals surface area contributed by atoms with E-state index in [2.05, 4.69) is 16.7 Å². The van der Waals surface area contributed by atoms with E-state index in [9.17, 15) is 0 Å². The van der Waals surface area contributed by atoms with Gasteiger partial charge in [0.25, 0.3) is 0 Å². The van der Waals surface area contributed by atoms with E-state index in [1.165, 1.54) is 19.6 Å². The maximum atomic E-state index is 7.08. The van der Waals surface area contributed by atoms with E-state index in [4.69, 9.17) is 5.73 Å². The summed E-state index contributed by atoms with van der Waals surface area (Å²) in [5, 5.41) is 0. The van der Waals surface area contributed by atoms with Gasteiger partial charge in [0, 0.05) is 39.3 Å². The van der Waals surface area contributed by atoms with Gasteiger partial charge in [-0.2, -0.15) is 0 Å². The number of piperazine rings is 1. The van der Waals surface area contributed by atoms with Gasteiger partial charge in [0.05, 0.1) is 0 Å². The predicted molar refractivity (Wildman–Crippen MR) is 46.5 cm³/mol. The van der Waals surface area contributed by atoms with E-state index in [-0.39, 0.29) is 0 Å². The molecule has 1 radical (unpaired) electrons. The fourth-order valence-corrected chi connectivity index (χ4v) is 1.49. The van der Waals surface area contributed by atoms with Gasteiger partial charge in [-0.1, -0.05) is 6.92 Å². The molecule has 0 unspecified atom stereocenters. The van der Waals surface area contributed by atoms with Crippen LogP contribution in [0.2, 0.25) is 0 Å². The smallest absolute Gasteiger partial charge is 0.0228 e. The molecule has 1 rings (SSSR count). The molecule has 0 saturated carbocycles. The maximum Gasteiger partial charge on any atom is 0.0228 e. The Bertz CT molecular complexity index is 97.5. The molecule has 1 aliphatic rings. The third-order valence-electron chi connectivity index (χ3n) is 2.34. The monoisotopic (exact) mass is 156 g/mol. The molecule has 11 heavy (non-hydrogen) atoms. The van der Waals surface area contributed by atoms with Crippen LogP contribution < -0.4 is 5.73 Å². The Morgan fingerprint density at radius 1 is 1.09 bits per heavy atom. The van der Waals surface area contributed by atoms with Crippen LogP contribution in [0.4, 0.5) is 0 Å². The Balaban J connectivity index is 2.14. The molecule has 0 aromatic rings. The van der Waals surface area contributed by atoms with Gasteiger partial charge in [-0.25, -0.2) is 0 Å². The van der Waals surface area contributed by atoms with Crippen LogP contribution in [0.5, 0.6) is 0 Å². The fourth-order valence-electron chi connectivity index (χ4n) is 1.49. The van der Waals surface area contributed by atoms with Crippen molar-refractivity contribution in [3.05, 3.63) is 0 Å². The summed E-state index contributed by atoms with van der Waals surface area (Å²) in [5.74, 6) is 0. The van der Waals surface area contributed by atoms with Crippen molar-refractivity contribution in [2.24, 2.45) is 0 Å². The lowest BCUT2D eigenvalue weighted by molar-refractivity contribution is 0.140. The van der Waals surface area contributed by atoms with Gasteiger partial charge in [0.1, 0.15) is 0 Å². The van der Waals surface area contributed by atoms with Crippen molar-refractivity contribution < 1.29 is 0 Å². The van der Waals surface area contributed by atoms with Gasteiger partial charge >= 0.3 is 0 Å². The summed E-state index contributed by atoms with van der Waals surface area (Å²) in [4.78, 5) is 4.83. The SMILES string of the molecule is CCN1CCN(CC[NH])CC1. The molecule has 0 atom stereocenters. The summed E-state index contributed by atoms with van der Waals surface area (Å²) in [7, 11) is 0. The van der Waals surface area contributed by atoms with E-state index in [0.29, 0.717) is 6.54 Å². The number of nitrogens with one attached hydrogen (secondary N) is 1. The van der Waals surface area contributed by atoms with Gasteiger partial charge in [0.2, 0.25) is 0 Å². The highest BCUT2D eigenvalue weighted by Gasteiger charge is 2.13. The minimum atomic E-state index is 0.548. The second-order valence-corrected chi connectivity index (χ2v) is 3.03. The molecule has 0 spiro atoms. The van der Waals surface area contributed by atoms with Crippen molar-refractivity contribution in [3.63, 3.8) is 0 Å². The van der Waals surface area contributed by atoms with Crippen molar-refractivity contribution in [2.75, 3.05) is 45.8 Å². The largest absolute Gasteiger partial charge is 0.301 e. The molecule has 65 valence electrons. The first kappa shape index (κ1) is 8.97. The molecule has 3 nitrogen and oxygen atoms in total. The van der Waals surface area contributed by atoms with Crippen LogP contribution in [0.1, 0.15) is 6.92 Å². The van der Waals surface area contributed by atoms with Crippen LogP contribution in [0.3, 0.4) is 0 Å². The predicted octanol–water partition coefficient (Wildman–Crippen LogP) is -0.0932. The molecule has 0 aliphatic carbocycles. The van der Waals surface area contributed by atoms with E-state index >= 15 is 0 Å². The molecule has 0 amide bonds. The van der Waals surface area contributed by atoms with Crippen molar-refractivity contribution in [2.45, 2.75) is 6.92 Å². The lowest BCUT2D eigenvalue weighted by atomic mass is 10.3. The van der Waals surface area contributed by atoms with Crippen LogP contribution in [0, 0.1) is 0 Å². The zero-order valence-electron chi connectivity index (χ0n) is 7.34. The summed E-state index contributed by atoms with van der Waals surface area (Å²) in [6.07, 6.45) is 0. The third-order valence-corrected chi connectivity index (χ3v) is 2.34. The van der Waals surface area contributed by atoms with Crippen LogP contribution in [-0.4, -0.2) is 55.6 Å². The summed E-state index contributed by atoms with van der Waals surface area (Å²) in [6, 6.07) is 0. The van der Waals surface area contributed by atoms with Gasteiger partial charge in [-0.15, -0.1) is 0 Å². The minimum Gasteiger partial charge on any atom is -0.301 e. The lowest BCUT2D eigenvalue weighted by Gasteiger charge is -2.33. The summed E-state index contributed by atoms with van der Waals surface area (Å²) in [6.45, 7) is 9.59. The highest BCUT2D eigenvalue weighted by Crippen LogP contribution is 1.99. The van der Waals surface area contributed by atoms with Crippen LogP contribution in [0.15, 0.2) is 0 Å². The molecule has 0 aromatic carbocycles. The first-order valence-electron chi connectivity index (χ1n) is 4.46. The second-order valence-electron chi connectivity index (χ2n) is 3.03. The molecule has 3 heteroatoms. The number of likely N-dealkylation sites (N-methyl/N-ethyl adjacent to an activating group) is 1. The Hall–Kier alpha value is -0.120. The van der Waals surface area contributed by atoms with Gasteiger partial charge in [0.15, 0.2) is 0 Å². The molecule has 1 fully saturated rings. The summed E-state index contributed by atoms with van der Waals surface area (Å²) < 4.78 is 0. The average molecular weight is 156 g/mol. The Morgan fingerprint density at radius 3 is 2.09 bits per heavy atom. The van der Waals surface area contributed by atoms with Gasteiger partial charge in [-0.05, 0) is 6.54 Å². The van der Waals surface area contributed by atoms with Crippen molar-refractivity contribution >= 4 is 0 Å². The van der Waals surface area contributed by atoms with Crippen molar-refractivity contribution in [1.82, 2.24) is 15.5 Å². The second kappa shape index (κ2) is 4.70. The number of hydrogen-bond acceptors (Lipinski definition) is 2. The molecule has 1 saturated heterocycles. The first-order valence-corrected chi connectivity index (χ1v) is 4.46. The standard InChI is InChI=1S/C8H18N3/c1-2-10-5-7-11(4-3-9)8-6-10/h9H,2-8H2,1H3. The first-order chi connectivity index (χ1) is 5.36. The summed E-state index contributed by atoms with van der Waals surface area (Å²) in [5.41, 5.74) is 7.08. The Kier molecular flexibility index (Phi) is 3.83. The van der Waals surface area contributed by atoms with Crippen LogP contribution in [-0.2, 0) is 0 Å². The van der Waals surface area contributed by atoms with Crippen molar-refractivity contribution in [3.8, 4) is 0 Å². The zero-order chi connectivity index (χ0) is 8.10. The molecule has 0 aromatic heterocycles. The summed E-state index contributed by atoms with van der Waals surface area (Å²) >= 11 is 0. The molecule has 1 aliphatic heterocycles. The van der Waals surface area contributed by atoms with Crippen LogP contribution in [0.25, 0.3) is 0 Å². The molecular weight excluding hydrogens is 138 g/mol. The van der Waals surface area contributed by atoms with E-state index in [1.54, 1.807) is 0 Å². The molecule has 1 heterocycles. The number of hydrogen-bond donors (Lipinski definition) is 0. The normalized spacial score (nSPS) is 22.4.